The summed E-state index contributed by atoms with van der Waals surface area (Å²) in [6.07, 6.45) is 9.35. The molecule has 104 valence electrons. The highest BCUT2D eigenvalue weighted by molar-refractivity contribution is 7.80. The molecule has 1 saturated carbocycles. The molecule has 3 nitrogen and oxygen atoms in total. The van der Waals surface area contributed by atoms with Crippen LogP contribution in [0.4, 0.5) is 0 Å². The number of likely N-dealkylation sites (tertiary alicyclic amines) is 1. The number of hydrogen-bond donors (Lipinski definition) is 1. The Hall–Kier alpha value is -0.350. The van der Waals surface area contributed by atoms with E-state index in [1.165, 1.54) is 32.1 Å². The van der Waals surface area contributed by atoms with Crippen molar-refractivity contribution in [2.45, 2.75) is 64.0 Å². The molecule has 1 aliphatic heterocycles. The van der Waals surface area contributed by atoms with Gasteiger partial charge in [-0.2, -0.15) is 0 Å². The van der Waals surface area contributed by atoms with Crippen LogP contribution in [-0.2, 0) is 4.74 Å². The molecule has 0 atom stereocenters. The van der Waals surface area contributed by atoms with Gasteiger partial charge in [0.15, 0.2) is 5.11 Å². The van der Waals surface area contributed by atoms with Crippen LogP contribution in [0.15, 0.2) is 0 Å². The number of nitrogens with zero attached hydrogens (tertiary/aromatic N) is 1. The smallest absolute Gasteiger partial charge is 0.169 e. The fourth-order valence-electron chi connectivity index (χ4n) is 2.97. The topological polar surface area (TPSA) is 24.5 Å². The van der Waals surface area contributed by atoms with E-state index in [9.17, 15) is 0 Å². The van der Waals surface area contributed by atoms with Crippen molar-refractivity contribution in [1.29, 1.82) is 0 Å². The summed E-state index contributed by atoms with van der Waals surface area (Å²) in [7, 11) is 0. The Bertz CT molecular complexity index is 259. The van der Waals surface area contributed by atoms with Gasteiger partial charge in [0.05, 0.1) is 6.10 Å². The van der Waals surface area contributed by atoms with Gasteiger partial charge in [-0.1, -0.05) is 19.3 Å². The summed E-state index contributed by atoms with van der Waals surface area (Å²) in [5.74, 6) is 0. The Morgan fingerprint density at radius 3 is 2.44 bits per heavy atom. The van der Waals surface area contributed by atoms with Gasteiger partial charge in [-0.3, -0.25) is 0 Å². The van der Waals surface area contributed by atoms with Crippen LogP contribution in [0.1, 0.15) is 51.9 Å². The van der Waals surface area contributed by atoms with Crippen molar-refractivity contribution in [3.05, 3.63) is 0 Å². The van der Waals surface area contributed by atoms with Gasteiger partial charge >= 0.3 is 0 Å². The minimum atomic E-state index is 0.448. The molecule has 1 saturated heterocycles. The lowest BCUT2D eigenvalue weighted by Crippen LogP contribution is -2.49. The summed E-state index contributed by atoms with van der Waals surface area (Å²) >= 11 is 5.53. The second-order valence-corrected chi connectivity index (χ2v) is 5.81. The number of ether oxygens (including phenoxy) is 1. The Balaban J connectivity index is 1.70. The molecule has 0 aromatic carbocycles. The van der Waals surface area contributed by atoms with Gasteiger partial charge in [0, 0.05) is 25.7 Å². The molecule has 18 heavy (non-hydrogen) atoms. The van der Waals surface area contributed by atoms with Crippen molar-refractivity contribution >= 4 is 17.3 Å². The van der Waals surface area contributed by atoms with E-state index in [-0.39, 0.29) is 0 Å². The average Bonchev–Trinajstić information content (AvgIpc) is 2.41. The third-order valence-corrected chi connectivity index (χ3v) is 4.44. The Kier molecular flexibility index (Phi) is 5.70. The molecule has 0 amide bonds. The second kappa shape index (κ2) is 7.29. The van der Waals surface area contributed by atoms with Crippen molar-refractivity contribution in [1.82, 2.24) is 10.2 Å². The molecule has 0 bridgehead atoms. The van der Waals surface area contributed by atoms with E-state index in [0.717, 1.165) is 37.7 Å². The van der Waals surface area contributed by atoms with E-state index in [2.05, 4.69) is 17.1 Å². The first-order valence-electron chi connectivity index (χ1n) is 7.46. The van der Waals surface area contributed by atoms with Gasteiger partial charge < -0.3 is 15.0 Å². The molecular weight excluding hydrogens is 244 g/mol. The molecule has 0 aromatic rings. The molecule has 4 heteroatoms. The molecule has 0 aromatic heterocycles. The fourth-order valence-corrected chi connectivity index (χ4v) is 3.32. The van der Waals surface area contributed by atoms with E-state index in [1.54, 1.807) is 0 Å². The van der Waals surface area contributed by atoms with Crippen molar-refractivity contribution in [2.24, 2.45) is 0 Å². The number of piperidine rings is 1. The molecule has 2 rings (SSSR count). The van der Waals surface area contributed by atoms with E-state index in [0.29, 0.717) is 12.1 Å². The molecule has 0 unspecified atom stereocenters. The first-order chi connectivity index (χ1) is 8.79. The van der Waals surface area contributed by atoms with Gasteiger partial charge in [-0.15, -0.1) is 0 Å². The van der Waals surface area contributed by atoms with Crippen LogP contribution in [0.25, 0.3) is 0 Å². The first kappa shape index (κ1) is 14.1. The number of hydrogen-bond acceptors (Lipinski definition) is 2. The summed E-state index contributed by atoms with van der Waals surface area (Å²) in [6.45, 7) is 4.99. The zero-order chi connectivity index (χ0) is 12.8. The maximum Gasteiger partial charge on any atom is 0.169 e. The SMILES string of the molecule is CCOC1CCN(C(=S)NC2CCCCC2)CC1. The van der Waals surface area contributed by atoms with Crippen molar-refractivity contribution in [3.8, 4) is 0 Å². The number of nitrogens with one attached hydrogen (secondary N) is 1. The lowest BCUT2D eigenvalue weighted by molar-refractivity contribution is 0.0267. The van der Waals surface area contributed by atoms with Crippen molar-refractivity contribution in [3.63, 3.8) is 0 Å². The van der Waals surface area contributed by atoms with Crippen LogP contribution < -0.4 is 5.32 Å². The van der Waals surface area contributed by atoms with Crippen LogP contribution in [0.5, 0.6) is 0 Å². The van der Waals surface area contributed by atoms with E-state index < -0.39 is 0 Å². The van der Waals surface area contributed by atoms with Crippen molar-refractivity contribution in [2.75, 3.05) is 19.7 Å². The monoisotopic (exact) mass is 270 g/mol. The lowest BCUT2D eigenvalue weighted by atomic mass is 9.96. The normalized spacial score (nSPS) is 23.1. The molecular formula is C14H26N2OS. The highest BCUT2D eigenvalue weighted by Gasteiger charge is 2.22. The third kappa shape index (κ3) is 4.09. The minimum absolute atomic E-state index is 0.448. The molecule has 1 heterocycles. The zero-order valence-corrected chi connectivity index (χ0v) is 12.3. The molecule has 1 aliphatic carbocycles. The van der Waals surface area contributed by atoms with Gasteiger partial charge in [-0.05, 0) is 44.8 Å². The van der Waals surface area contributed by atoms with Gasteiger partial charge in [0.2, 0.25) is 0 Å². The van der Waals surface area contributed by atoms with E-state index in [1.807, 2.05) is 0 Å². The largest absolute Gasteiger partial charge is 0.378 e. The predicted octanol–water partition coefficient (Wildman–Crippen LogP) is 2.69. The Labute approximate surface area is 116 Å². The van der Waals surface area contributed by atoms with E-state index in [4.69, 9.17) is 17.0 Å². The van der Waals surface area contributed by atoms with E-state index >= 15 is 0 Å². The maximum atomic E-state index is 5.67. The summed E-state index contributed by atoms with van der Waals surface area (Å²) in [6, 6.07) is 0.621. The average molecular weight is 270 g/mol. The summed E-state index contributed by atoms with van der Waals surface area (Å²) in [4.78, 5) is 2.32. The fraction of sp³-hybridized carbons (Fsp3) is 0.929. The lowest BCUT2D eigenvalue weighted by Gasteiger charge is -2.35. The van der Waals surface area contributed by atoms with Gasteiger partial charge in [-0.25, -0.2) is 0 Å². The highest BCUT2D eigenvalue weighted by Crippen LogP contribution is 2.19. The summed E-state index contributed by atoms with van der Waals surface area (Å²) < 4.78 is 5.67. The number of thiocarbonyl (C=S) groups is 1. The van der Waals surface area contributed by atoms with Crippen molar-refractivity contribution < 1.29 is 4.74 Å². The van der Waals surface area contributed by atoms with Crippen LogP contribution in [0.3, 0.4) is 0 Å². The zero-order valence-electron chi connectivity index (χ0n) is 11.5. The van der Waals surface area contributed by atoms with Gasteiger partial charge in [0.1, 0.15) is 0 Å². The standard InChI is InChI=1S/C14H26N2OS/c1-2-17-13-8-10-16(11-9-13)14(18)15-12-6-4-3-5-7-12/h12-13H,2-11H2,1H3,(H,15,18). The minimum Gasteiger partial charge on any atom is -0.378 e. The summed E-state index contributed by atoms with van der Waals surface area (Å²) in [5, 5.41) is 4.52. The quantitative estimate of drug-likeness (QED) is 0.797. The van der Waals surface area contributed by atoms with Crippen LogP contribution in [0, 0.1) is 0 Å². The molecule has 2 aliphatic rings. The molecule has 0 spiro atoms. The summed E-state index contributed by atoms with van der Waals surface area (Å²) in [5.41, 5.74) is 0. The maximum absolute atomic E-state index is 5.67. The number of rotatable bonds is 3. The second-order valence-electron chi connectivity index (χ2n) is 5.43. The predicted molar refractivity (Wildman–Crippen MR) is 78.8 cm³/mol. The molecule has 2 fully saturated rings. The van der Waals surface area contributed by atoms with Crippen LogP contribution in [0.2, 0.25) is 0 Å². The molecule has 1 N–H and O–H groups in total. The van der Waals surface area contributed by atoms with Crippen LogP contribution in [-0.4, -0.2) is 41.9 Å². The third-order valence-electron chi connectivity index (χ3n) is 4.06. The Morgan fingerprint density at radius 2 is 1.83 bits per heavy atom. The first-order valence-corrected chi connectivity index (χ1v) is 7.87. The Morgan fingerprint density at radius 1 is 1.17 bits per heavy atom. The van der Waals surface area contributed by atoms with Crippen LogP contribution >= 0.6 is 12.2 Å². The highest BCUT2D eigenvalue weighted by atomic mass is 32.1. The van der Waals surface area contributed by atoms with Gasteiger partial charge in [0.25, 0.3) is 0 Å². The molecule has 0 radical (unpaired) electrons.